The molecule has 1 aromatic rings. The highest BCUT2D eigenvalue weighted by molar-refractivity contribution is 6.30. The van der Waals surface area contributed by atoms with Gasteiger partial charge in [0.1, 0.15) is 0 Å². The molecule has 7 heteroatoms. The number of benzene rings is 1. The molecule has 1 aromatic carbocycles. The van der Waals surface area contributed by atoms with E-state index >= 15 is 0 Å². The number of carbonyl (C=O) groups is 1. The number of ether oxygens (including phenoxy) is 1. The Kier molecular flexibility index (Phi) is 3.32. The van der Waals surface area contributed by atoms with Crippen LogP contribution in [0.4, 0.5) is 13.2 Å². The van der Waals surface area contributed by atoms with Crippen LogP contribution in [0.15, 0.2) is 30.3 Å². The summed E-state index contributed by atoms with van der Waals surface area (Å²) in [7, 11) is 0. The molecule has 0 radical (unpaired) electrons. The highest BCUT2D eigenvalue weighted by Gasteiger charge is 2.59. The van der Waals surface area contributed by atoms with E-state index in [0.717, 1.165) is 6.08 Å². The summed E-state index contributed by atoms with van der Waals surface area (Å²) in [6.07, 6.45) is -5.00. The molecule has 19 heavy (non-hydrogen) atoms. The lowest BCUT2D eigenvalue weighted by atomic mass is 9.95. The lowest BCUT2D eigenvalue weighted by Crippen LogP contribution is -2.50. The number of rotatable bonds is 1. The van der Waals surface area contributed by atoms with Gasteiger partial charge in [0.2, 0.25) is 0 Å². The van der Waals surface area contributed by atoms with E-state index in [1.54, 1.807) is 0 Å². The van der Waals surface area contributed by atoms with Crippen LogP contribution >= 0.6 is 11.6 Å². The normalized spacial score (nSPS) is 23.8. The van der Waals surface area contributed by atoms with Gasteiger partial charge in [0.05, 0.1) is 0 Å². The monoisotopic (exact) mass is 292 g/mol. The molecule has 0 aliphatic carbocycles. The maximum absolute atomic E-state index is 12.7. The van der Waals surface area contributed by atoms with E-state index in [4.69, 9.17) is 11.6 Å². The Hall–Kier alpha value is -1.53. The van der Waals surface area contributed by atoms with Gasteiger partial charge in [0.25, 0.3) is 0 Å². The van der Waals surface area contributed by atoms with Crippen LogP contribution in [-0.4, -0.2) is 23.0 Å². The Morgan fingerprint density at radius 1 is 1.26 bits per heavy atom. The SMILES string of the molecule is O=C1C=C(c2ccc(Cl)cc2)CC(O)(C(F)(F)F)O1. The van der Waals surface area contributed by atoms with Crippen molar-refractivity contribution in [2.75, 3.05) is 0 Å². The number of hydrogen-bond donors (Lipinski definition) is 1. The zero-order valence-corrected chi connectivity index (χ0v) is 10.1. The molecule has 3 nitrogen and oxygen atoms in total. The minimum atomic E-state index is -5.06. The second-order valence-electron chi connectivity index (χ2n) is 4.06. The van der Waals surface area contributed by atoms with Gasteiger partial charge in [-0.2, -0.15) is 13.2 Å². The second kappa shape index (κ2) is 4.54. The average molecular weight is 293 g/mol. The van der Waals surface area contributed by atoms with Crippen molar-refractivity contribution in [3.05, 3.63) is 40.9 Å². The van der Waals surface area contributed by atoms with E-state index in [9.17, 15) is 23.1 Å². The number of halogens is 4. The van der Waals surface area contributed by atoms with Gasteiger partial charge in [-0.05, 0) is 23.3 Å². The molecule has 1 aliphatic heterocycles. The van der Waals surface area contributed by atoms with E-state index in [1.807, 2.05) is 0 Å². The quantitative estimate of drug-likeness (QED) is 0.810. The summed E-state index contributed by atoms with van der Waals surface area (Å²) in [5.74, 6) is -4.73. The fourth-order valence-electron chi connectivity index (χ4n) is 1.69. The molecule has 102 valence electrons. The summed E-state index contributed by atoms with van der Waals surface area (Å²) in [5, 5.41) is 9.84. The van der Waals surface area contributed by atoms with Gasteiger partial charge in [0, 0.05) is 17.5 Å². The average Bonchev–Trinajstić information content (AvgIpc) is 2.27. The van der Waals surface area contributed by atoms with Crippen molar-refractivity contribution in [1.29, 1.82) is 0 Å². The molecule has 0 aromatic heterocycles. The van der Waals surface area contributed by atoms with Gasteiger partial charge in [-0.3, -0.25) is 0 Å². The number of esters is 1. The first-order valence-corrected chi connectivity index (χ1v) is 5.58. The van der Waals surface area contributed by atoms with Crippen LogP contribution in [0.25, 0.3) is 5.57 Å². The molecule has 1 unspecified atom stereocenters. The van der Waals surface area contributed by atoms with Gasteiger partial charge < -0.3 is 9.84 Å². The minimum Gasteiger partial charge on any atom is -0.420 e. The van der Waals surface area contributed by atoms with Gasteiger partial charge in [-0.25, -0.2) is 4.79 Å². The molecule has 0 spiro atoms. The molecule has 1 heterocycles. The molecule has 1 N–H and O–H groups in total. The predicted octanol–water partition coefficient (Wildman–Crippen LogP) is 2.92. The zero-order chi connectivity index (χ0) is 14.3. The number of aliphatic hydroxyl groups is 1. The lowest BCUT2D eigenvalue weighted by Gasteiger charge is -2.33. The first kappa shape index (κ1) is 13.9. The van der Waals surface area contributed by atoms with Crippen LogP contribution in [0.2, 0.25) is 5.02 Å². The minimum absolute atomic E-state index is 0.0349. The van der Waals surface area contributed by atoms with Gasteiger partial charge in [0.15, 0.2) is 0 Å². The number of cyclic esters (lactones) is 1. The van der Waals surface area contributed by atoms with Gasteiger partial charge in [-0.15, -0.1) is 0 Å². The van der Waals surface area contributed by atoms with Crippen molar-refractivity contribution >= 4 is 23.1 Å². The van der Waals surface area contributed by atoms with Crippen molar-refractivity contribution < 1.29 is 27.8 Å². The van der Waals surface area contributed by atoms with E-state index in [0.29, 0.717) is 10.6 Å². The largest absolute Gasteiger partial charge is 0.455 e. The van der Waals surface area contributed by atoms with Crippen molar-refractivity contribution in [1.82, 2.24) is 0 Å². The highest BCUT2D eigenvalue weighted by atomic mass is 35.5. The smallest absolute Gasteiger partial charge is 0.420 e. The van der Waals surface area contributed by atoms with Crippen LogP contribution in [0.1, 0.15) is 12.0 Å². The molecule has 2 rings (SSSR count). The topological polar surface area (TPSA) is 46.5 Å². The molecule has 0 bridgehead atoms. The molecule has 1 aliphatic rings. The second-order valence-corrected chi connectivity index (χ2v) is 4.49. The summed E-state index contributed by atoms with van der Waals surface area (Å²) in [6, 6.07) is 5.88. The Bertz CT molecular complexity index is 536. The molecule has 0 saturated carbocycles. The Morgan fingerprint density at radius 3 is 2.37 bits per heavy atom. The summed E-state index contributed by atoms with van der Waals surface area (Å²) in [4.78, 5) is 11.2. The molecule has 1 atom stereocenters. The first-order chi connectivity index (χ1) is 8.71. The fourth-order valence-corrected chi connectivity index (χ4v) is 1.82. The lowest BCUT2D eigenvalue weighted by molar-refractivity contribution is -0.349. The van der Waals surface area contributed by atoms with E-state index in [-0.39, 0.29) is 5.57 Å². The van der Waals surface area contributed by atoms with Crippen LogP contribution in [0.5, 0.6) is 0 Å². The van der Waals surface area contributed by atoms with Crippen LogP contribution < -0.4 is 0 Å². The van der Waals surface area contributed by atoms with Gasteiger partial charge in [-0.1, -0.05) is 23.7 Å². The van der Waals surface area contributed by atoms with Crippen molar-refractivity contribution in [3.63, 3.8) is 0 Å². The van der Waals surface area contributed by atoms with Crippen LogP contribution in [0, 0.1) is 0 Å². The first-order valence-electron chi connectivity index (χ1n) is 5.20. The van der Waals surface area contributed by atoms with E-state index in [1.165, 1.54) is 24.3 Å². The standard InChI is InChI=1S/C12H8ClF3O3/c13-9-3-1-7(2-4-9)8-5-10(17)19-11(18,6-8)12(14,15)16/h1-5,18H,6H2. The Balaban J connectivity index is 2.37. The Labute approximate surface area is 111 Å². The Morgan fingerprint density at radius 2 is 1.84 bits per heavy atom. The molecular weight excluding hydrogens is 285 g/mol. The summed E-state index contributed by atoms with van der Waals surface area (Å²) in [6.45, 7) is 0. The van der Waals surface area contributed by atoms with E-state index in [2.05, 4.69) is 4.74 Å². The molecular formula is C12H8ClF3O3. The third kappa shape index (κ3) is 2.74. The van der Waals surface area contributed by atoms with Crippen molar-refractivity contribution in [3.8, 4) is 0 Å². The highest BCUT2D eigenvalue weighted by Crippen LogP contribution is 2.41. The maximum atomic E-state index is 12.7. The molecule has 0 amide bonds. The number of hydrogen-bond acceptors (Lipinski definition) is 3. The third-order valence-corrected chi connectivity index (χ3v) is 2.90. The third-order valence-electron chi connectivity index (χ3n) is 2.65. The van der Waals surface area contributed by atoms with Gasteiger partial charge >= 0.3 is 17.9 Å². The van der Waals surface area contributed by atoms with E-state index < -0.39 is 24.4 Å². The van der Waals surface area contributed by atoms with Crippen LogP contribution in [0.3, 0.4) is 0 Å². The maximum Gasteiger partial charge on any atom is 0.455 e. The summed E-state index contributed by atoms with van der Waals surface area (Å²) < 4.78 is 42.0. The number of carbonyl (C=O) groups excluding carboxylic acids is 1. The zero-order valence-electron chi connectivity index (χ0n) is 9.37. The predicted molar refractivity (Wildman–Crippen MR) is 61.1 cm³/mol. The summed E-state index contributed by atoms with van der Waals surface area (Å²) in [5.41, 5.74) is 0.400. The van der Waals surface area contributed by atoms with Crippen molar-refractivity contribution in [2.45, 2.75) is 18.4 Å². The molecule has 0 saturated heterocycles. The van der Waals surface area contributed by atoms with Crippen LogP contribution in [-0.2, 0) is 9.53 Å². The number of alkyl halides is 3. The fraction of sp³-hybridized carbons (Fsp3) is 0.250. The molecule has 0 fully saturated rings. The van der Waals surface area contributed by atoms with Crippen molar-refractivity contribution in [2.24, 2.45) is 0 Å². The summed E-state index contributed by atoms with van der Waals surface area (Å²) >= 11 is 5.67.